The zero-order chi connectivity index (χ0) is 49.8. The largest absolute Gasteiger partial charge is 0.480 e. The van der Waals surface area contributed by atoms with E-state index in [1.165, 1.54) is 0 Å². The highest BCUT2D eigenvalue weighted by Gasteiger charge is 2.43. The molecule has 6 amide bonds. The summed E-state index contributed by atoms with van der Waals surface area (Å²) in [6.07, 6.45) is 4.53. The van der Waals surface area contributed by atoms with Crippen LogP contribution in [0.5, 0.6) is 0 Å². The summed E-state index contributed by atoms with van der Waals surface area (Å²) < 4.78 is 2.04. The highest BCUT2D eigenvalue weighted by atomic mass is 32.2. The van der Waals surface area contributed by atoms with Crippen molar-refractivity contribution in [1.29, 1.82) is 0 Å². The maximum absolute atomic E-state index is 14.4. The lowest BCUT2D eigenvalue weighted by atomic mass is 9.76. The number of carboxylic acids is 2. The molecule has 1 aromatic carbocycles. The van der Waals surface area contributed by atoms with Crippen molar-refractivity contribution in [1.82, 2.24) is 35.6 Å². The molecule has 2 aromatic rings. The lowest BCUT2D eigenvalue weighted by Crippen LogP contribution is -2.61. The van der Waals surface area contributed by atoms with Crippen molar-refractivity contribution in [2.75, 3.05) is 32.9 Å². The molecule has 1 saturated heterocycles. The second-order valence-electron chi connectivity index (χ2n) is 19.1. The summed E-state index contributed by atoms with van der Waals surface area (Å²) >= 11 is 0.997. The number of likely N-dealkylation sites (tertiary alicyclic amines) is 1. The van der Waals surface area contributed by atoms with Crippen molar-refractivity contribution in [3.63, 3.8) is 0 Å². The predicted octanol–water partition coefficient (Wildman–Crippen LogP) is 2.91. The first kappa shape index (κ1) is 55.1. The molecule has 2 unspecified atom stereocenters. The number of para-hydroxylation sites is 1. The Morgan fingerprint density at radius 2 is 1.62 bits per heavy atom. The molecule has 0 radical (unpaired) electrons. The molecule has 18 nitrogen and oxygen atoms in total. The first-order valence-electron chi connectivity index (χ1n) is 22.5. The summed E-state index contributed by atoms with van der Waals surface area (Å²) in [5.41, 5.74) is 6.57. The standard InChI is InChI=1S/C47H72N8O10S/c1-27(2)34(54(11)43(61)39(46(4,5)6)52-41(59)38(49-9)47(7,8)30-25-53(10)33-19-13-12-17-29(30)33)23-28(3)40(58)50-21-15-14-18-32(45(64)65)51-36(56)20-16-22-55-37(57)24-35(42(55)60)66-26-31(48)44(62)63/h12-13,17,19,23,25,27,31-32,34-35,38-39,49H,14-16,18,20-22,24,26,48H2,1-11H3,(H,50,58)(H,51,56)(H,52,59)(H,62,63)(H,64,65)/b28-23+/t31-,32+,34+,35?,38+,39?/m0/s1. The molecule has 2 heterocycles. The van der Waals surface area contributed by atoms with Gasteiger partial charge in [-0.3, -0.25) is 38.5 Å². The maximum Gasteiger partial charge on any atom is 0.326 e. The first-order chi connectivity index (χ1) is 30.7. The second-order valence-corrected chi connectivity index (χ2v) is 20.4. The average molecular weight is 941 g/mol. The van der Waals surface area contributed by atoms with Gasteiger partial charge in [0.05, 0.1) is 17.3 Å². The van der Waals surface area contributed by atoms with Crippen LogP contribution in [0.3, 0.4) is 0 Å². The predicted molar refractivity (Wildman–Crippen MR) is 254 cm³/mol. The van der Waals surface area contributed by atoms with Gasteiger partial charge in [-0.05, 0) is 62.6 Å². The van der Waals surface area contributed by atoms with Gasteiger partial charge in [0, 0.05) is 73.9 Å². The molecular weight excluding hydrogens is 869 g/mol. The van der Waals surface area contributed by atoms with Gasteiger partial charge in [-0.15, -0.1) is 11.8 Å². The van der Waals surface area contributed by atoms with Gasteiger partial charge in [-0.2, -0.15) is 0 Å². The van der Waals surface area contributed by atoms with Gasteiger partial charge in [0.25, 0.3) is 0 Å². The van der Waals surface area contributed by atoms with Crippen LogP contribution in [0.2, 0.25) is 0 Å². The number of carboxylic acid groups (broad SMARTS) is 2. The molecule has 1 fully saturated rings. The number of aliphatic carboxylic acids is 2. The lowest BCUT2D eigenvalue weighted by molar-refractivity contribution is -0.142. The number of fused-ring (bicyclic) bond motifs is 1. The van der Waals surface area contributed by atoms with Gasteiger partial charge in [0.2, 0.25) is 35.4 Å². The number of benzene rings is 1. The molecular formula is C47H72N8O10S. The van der Waals surface area contributed by atoms with E-state index in [0.717, 1.165) is 33.1 Å². The quantitative estimate of drug-likeness (QED) is 0.0430. The number of amides is 6. The summed E-state index contributed by atoms with van der Waals surface area (Å²) in [7, 11) is 5.38. The molecule has 66 heavy (non-hydrogen) atoms. The second kappa shape index (κ2) is 24.0. The Morgan fingerprint density at radius 1 is 0.970 bits per heavy atom. The third kappa shape index (κ3) is 14.4. The van der Waals surface area contributed by atoms with Crippen molar-refractivity contribution in [3.05, 3.63) is 47.7 Å². The van der Waals surface area contributed by atoms with Crippen molar-refractivity contribution in [2.45, 2.75) is 135 Å². The fraction of sp³-hybridized carbons (Fsp3) is 0.617. The van der Waals surface area contributed by atoms with E-state index in [4.69, 9.17) is 10.8 Å². The summed E-state index contributed by atoms with van der Waals surface area (Å²) in [5, 5.41) is 30.6. The molecule has 19 heteroatoms. The number of carbonyl (C=O) groups is 8. The molecule has 6 atom stereocenters. The van der Waals surface area contributed by atoms with Crippen LogP contribution >= 0.6 is 11.8 Å². The highest BCUT2D eigenvalue weighted by molar-refractivity contribution is 8.00. The van der Waals surface area contributed by atoms with Crippen LogP contribution in [0.25, 0.3) is 10.9 Å². The third-order valence-corrected chi connectivity index (χ3v) is 13.5. The summed E-state index contributed by atoms with van der Waals surface area (Å²) in [6.45, 7) is 15.4. The van der Waals surface area contributed by atoms with Crippen molar-refractivity contribution >= 4 is 70.0 Å². The molecule has 366 valence electrons. The van der Waals surface area contributed by atoms with Gasteiger partial charge in [-0.1, -0.05) is 72.7 Å². The van der Waals surface area contributed by atoms with E-state index < -0.39 is 75.9 Å². The number of hydrogen-bond donors (Lipinski definition) is 7. The van der Waals surface area contributed by atoms with Gasteiger partial charge >= 0.3 is 11.9 Å². The van der Waals surface area contributed by atoms with Crippen molar-refractivity contribution < 1.29 is 48.6 Å². The number of nitrogens with two attached hydrogens (primary N) is 1. The smallest absolute Gasteiger partial charge is 0.326 e. The van der Waals surface area contributed by atoms with Gasteiger partial charge in [0.1, 0.15) is 18.1 Å². The number of aryl methyl sites for hydroxylation is 1. The van der Waals surface area contributed by atoms with Crippen LogP contribution in [0, 0.1) is 11.3 Å². The Bertz CT molecular complexity index is 2130. The number of unbranched alkanes of at least 4 members (excludes halogenated alkanes) is 1. The van der Waals surface area contributed by atoms with Crippen molar-refractivity contribution in [3.8, 4) is 0 Å². The number of rotatable bonds is 25. The van der Waals surface area contributed by atoms with E-state index in [1.807, 2.05) is 90.5 Å². The number of likely N-dealkylation sites (N-methyl/N-ethyl adjacent to an activating group) is 2. The number of thioether (sulfide) groups is 1. The Kier molecular flexibility index (Phi) is 20.0. The SMILES string of the molecule is CN[C@H](C(=O)NC(C(=O)N(C)[C@H](/C=C(\C)C(=O)NCCCC[C@@H](NC(=O)CCCN1C(=O)CC(SC[C@H](N)C(=O)O)C1=O)C(=O)O)C(C)C)C(C)(C)C)C(C)(C)c1cn(C)c2ccccc12. The number of carbonyl (C=O) groups excluding carboxylic acids is 6. The molecule has 1 aromatic heterocycles. The number of hydrogen-bond acceptors (Lipinski definition) is 11. The van der Waals surface area contributed by atoms with Gasteiger partial charge in [-0.25, -0.2) is 4.79 Å². The van der Waals surface area contributed by atoms with E-state index >= 15 is 0 Å². The lowest BCUT2D eigenvalue weighted by Gasteiger charge is -2.39. The van der Waals surface area contributed by atoms with E-state index in [2.05, 4.69) is 21.3 Å². The molecule has 0 saturated carbocycles. The monoisotopic (exact) mass is 941 g/mol. The maximum atomic E-state index is 14.4. The van der Waals surface area contributed by atoms with Crippen LogP contribution in [0.15, 0.2) is 42.1 Å². The Hall–Kier alpha value is -5.27. The summed E-state index contributed by atoms with van der Waals surface area (Å²) in [5.74, 6) is -5.04. The minimum Gasteiger partial charge on any atom is -0.480 e. The number of aromatic nitrogens is 1. The van der Waals surface area contributed by atoms with Gasteiger partial charge in [0.15, 0.2) is 0 Å². The van der Waals surface area contributed by atoms with Crippen LogP contribution in [-0.2, 0) is 50.8 Å². The Balaban J connectivity index is 1.54. The van der Waals surface area contributed by atoms with Crippen LogP contribution in [0.1, 0.15) is 99.5 Å². The van der Waals surface area contributed by atoms with E-state index in [-0.39, 0.29) is 68.2 Å². The van der Waals surface area contributed by atoms with E-state index in [9.17, 15) is 43.5 Å². The number of imide groups is 1. The highest BCUT2D eigenvalue weighted by Crippen LogP contribution is 2.35. The fourth-order valence-corrected chi connectivity index (χ4v) is 9.30. The van der Waals surface area contributed by atoms with E-state index in [1.54, 1.807) is 32.0 Å². The van der Waals surface area contributed by atoms with Crippen molar-refractivity contribution in [2.24, 2.45) is 24.1 Å². The number of nitrogens with one attached hydrogen (secondary N) is 4. The molecule has 8 N–H and O–H groups in total. The minimum absolute atomic E-state index is 0.0381. The average Bonchev–Trinajstić information content (AvgIpc) is 3.72. The zero-order valence-electron chi connectivity index (χ0n) is 40.4. The summed E-state index contributed by atoms with van der Waals surface area (Å²) in [6, 6.07) is 3.57. The minimum atomic E-state index is -1.23. The zero-order valence-corrected chi connectivity index (χ0v) is 41.2. The first-order valence-corrected chi connectivity index (χ1v) is 23.5. The topological polar surface area (TPSA) is 263 Å². The molecule has 0 spiro atoms. The van der Waals surface area contributed by atoms with E-state index in [0.29, 0.717) is 18.4 Å². The van der Waals surface area contributed by atoms with Crippen LogP contribution in [-0.4, -0.2) is 140 Å². The summed E-state index contributed by atoms with van der Waals surface area (Å²) in [4.78, 5) is 105. The third-order valence-electron chi connectivity index (χ3n) is 12.1. The molecule has 1 aliphatic rings. The van der Waals surface area contributed by atoms with Crippen LogP contribution in [0.4, 0.5) is 0 Å². The molecule has 0 aliphatic carbocycles. The molecule has 0 bridgehead atoms. The Morgan fingerprint density at radius 3 is 2.21 bits per heavy atom. The molecule has 1 aliphatic heterocycles. The number of nitrogens with zero attached hydrogens (tertiary/aromatic N) is 3. The fourth-order valence-electron chi connectivity index (χ4n) is 8.18. The normalized spacial score (nSPS) is 17.0. The van der Waals surface area contributed by atoms with Gasteiger partial charge < -0.3 is 46.7 Å². The Labute approximate surface area is 392 Å². The molecule has 3 rings (SSSR count). The van der Waals surface area contributed by atoms with Crippen LogP contribution < -0.4 is 27.0 Å².